The third kappa shape index (κ3) is 2.55. The minimum atomic E-state index is -2.77. The summed E-state index contributed by atoms with van der Waals surface area (Å²) >= 11 is 0. The molecule has 1 heterocycles. The normalized spacial score (nSPS) is 16.1. The first-order valence-corrected chi connectivity index (χ1v) is 7.29. The minimum absolute atomic E-state index is 0.258. The number of hydrogen-bond acceptors (Lipinski definition) is 3. The Morgan fingerprint density at radius 2 is 2.04 bits per heavy atom. The van der Waals surface area contributed by atoms with E-state index in [1.54, 1.807) is 0 Å². The summed E-state index contributed by atoms with van der Waals surface area (Å²) in [5.41, 5.74) is 12.7. The largest absolute Gasteiger partial charge is 0.404 e. The van der Waals surface area contributed by atoms with Crippen LogP contribution in [0.15, 0.2) is 42.2 Å². The summed E-state index contributed by atoms with van der Waals surface area (Å²) < 4.78 is 27.5. The third-order valence-electron chi connectivity index (χ3n) is 3.96. The van der Waals surface area contributed by atoms with Crippen molar-refractivity contribution in [2.75, 3.05) is 0 Å². The van der Waals surface area contributed by atoms with E-state index < -0.39 is 12.1 Å². The van der Waals surface area contributed by atoms with Crippen LogP contribution in [-0.2, 0) is 0 Å². The van der Waals surface area contributed by atoms with Crippen LogP contribution in [0.4, 0.5) is 8.78 Å². The van der Waals surface area contributed by atoms with Crippen molar-refractivity contribution in [2.24, 2.45) is 11.5 Å². The lowest BCUT2D eigenvalue weighted by molar-refractivity contribution is 0.188. The van der Waals surface area contributed by atoms with Crippen molar-refractivity contribution in [2.45, 2.75) is 25.3 Å². The fraction of sp³-hybridized carbons (Fsp3) is 0.235. The number of alkyl halides is 2. The molecular formula is C17H16F2N4. The van der Waals surface area contributed by atoms with Gasteiger partial charge >= 0.3 is 0 Å². The van der Waals surface area contributed by atoms with Gasteiger partial charge in [0.2, 0.25) is 0 Å². The van der Waals surface area contributed by atoms with Gasteiger partial charge in [0.25, 0.3) is 6.43 Å². The van der Waals surface area contributed by atoms with Crippen LogP contribution in [0.3, 0.4) is 0 Å². The molecule has 1 saturated carbocycles. The summed E-state index contributed by atoms with van der Waals surface area (Å²) in [5.74, 6) is 0. The van der Waals surface area contributed by atoms with Gasteiger partial charge < -0.3 is 16.0 Å². The summed E-state index contributed by atoms with van der Waals surface area (Å²) in [6, 6.07) is 9.95. The minimum Gasteiger partial charge on any atom is -0.404 e. The second-order valence-electron chi connectivity index (χ2n) is 5.52. The lowest BCUT2D eigenvalue weighted by Crippen LogP contribution is -2.09. The molecule has 2 aromatic rings. The molecule has 0 atom stereocenters. The molecule has 0 spiro atoms. The first-order valence-electron chi connectivity index (χ1n) is 7.29. The van der Waals surface area contributed by atoms with E-state index in [0.29, 0.717) is 16.8 Å². The van der Waals surface area contributed by atoms with E-state index in [0.717, 1.165) is 29.8 Å². The molecule has 0 bridgehead atoms. The quantitative estimate of drug-likeness (QED) is 0.850. The Labute approximate surface area is 132 Å². The highest BCUT2D eigenvalue weighted by Crippen LogP contribution is 2.43. The molecule has 1 aliphatic carbocycles. The average molecular weight is 314 g/mol. The van der Waals surface area contributed by atoms with Crippen LogP contribution in [0.5, 0.6) is 0 Å². The van der Waals surface area contributed by atoms with Crippen LogP contribution in [0.2, 0.25) is 0 Å². The zero-order valence-corrected chi connectivity index (χ0v) is 12.3. The van der Waals surface area contributed by atoms with Gasteiger partial charge in [-0.1, -0.05) is 18.2 Å². The molecule has 4 N–H and O–H groups in total. The van der Waals surface area contributed by atoms with Gasteiger partial charge in [-0.05, 0) is 25.0 Å². The fourth-order valence-electron chi connectivity index (χ4n) is 2.81. The van der Waals surface area contributed by atoms with Crippen molar-refractivity contribution >= 4 is 16.5 Å². The van der Waals surface area contributed by atoms with Gasteiger partial charge in [0, 0.05) is 23.2 Å². The molecule has 1 fully saturated rings. The molecule has 23 heavy (non-hydrogen) atoms. The molecule has 118 valence electrons. The zero-order valence-electron chi connectivity index (χ0n) is 12.3. The molecule has 0 unspecified atom stereocenters. The smallest absolute Gasteiger partial charge is 0.277 e. The summed E-state index contributed by atoms with van der Waals surface area (Å²) in [6.45, 7) is 0. The molecule has 0 saturated heterocycles. The number of allylic oxidation sites excluding steroid dienone is 3. The molecule has 3 rings (SSSR count). The Morgan fingerprint density at radius 3 is 2.61 bits per heavy atom. The SMILES string of the molecule is N#Cc1c(C(/C=C(\N)C(F)F)=C/N)n(C2CC2)c2ccccc12. The maximum atomic E-state index is 12.8. The molecular weight excluding hydrogens is 298 g/mol. The van der Waals surface area contributed by atoms with E-state index in [-0.39, 0.29) is 6.04 Å². The lowest BCUT2D eigenvalue weighted by atomic mass is 10.1. The van der Waals surface area contributed by atoms with Gasteiger partial charge in [-0.25, -0.2) is 8.78 Å². The molecule has 0 radical (unpaired) electrons. The Hall–Kier alpha value is -2.81. The van der Waals surface area contributed by atoms with Crippen molar-refractivity contribution in [3.63, 3.8) is 0 Å². The lowest BCUT2D eigenvalue weighted by Gasteiger charge is -2.11. The van der Waals surface area contributed by atoms with Crippen LogP contribution in [0, 0.1) is 11.3 Å². The van der Waals surface area contributed by atoms with E-state index in [2.05, 4.69) is 6.07 Å². The van der Waals surface area contributed by atoms with Crippen LogP contribution in [0.1, 0.15) is 30.1 Å². The number of nitrogens with two attached hydrogens (primary N) is 2. The molecule has 4 nitrogen and oxygen atoms in total. The number of nitrogens with zero attached hydrogens (tertiary/aromatic N) is 2. The monoisotopic (exact) mass is 314 g/mol. The topological polar surface area (TPSA) is 80.8 Å². The summed E-state index contributed by atoms with van der Waals surface area (Å²) in [5, 5.41) is 10.4. The molecule has 6 heteroatoms. The number of para-hydroxylation sites is 1. The maximum absolute atomic E-state index is 12.8. The van der Waals surface area contributed by atoms with E-state index in [1.807, 2.05) is 28.8 Å². The van der Waals surface area contributed by atoms with E-state index in [9.17, 15) is 14.0 Å². The van der Waals surface area contributed by atoms with Crippen molar-refractivity contribution < 1.29 is 8.78 Å². The molecule has 0 aliphatic heterocycles. The second-order valence-corrected chi connectivity index (χ2v) is 5.52. The van der Waals surface area contributed by atoms with Crippen molar-refractivity contribution in [1.29, 1.82) is 5.26 Å². The first kappa shape index (κ1) is 15.1. The number of aromatic nitrogens is 1. The number of benzene rings is 1. The molecule has 1 aromatic carbocycles. The van der Waals surface area contributed by atoms with Crippen LogP contribution in [-0.4, -0.2) is 11.0 Å². The van der Waals surface area contributed by atoms with Crippen molar-refractivity contribution in [1.82, 2.24) is 4.57 Å². The van der Waals surface area contributed by atoms with Gasteiger partial charge in [-0.3, -0.25) is 0 Å². The maximum Gasteiger partial charge on any atom is 0.277 e. The van der Waals surface area contributed by atoms with E-state index in [4.69, 9.17) is 11.5 Å². The van der Waals surface area contributed by atoms with E-state index >= 15 is 0 Å². The van der Waals surface area contributed by atoms with Crippen molar-refractivity contribution in [3.05, 3.63) is 53.5 Å². The molecule has 1 aromatic heterocycles. The van der Waals surface area contributed by atoms with Crippen LogP contribution >= 0.6 is 0 Å². The second kappa shape index (κ2) is 5.76. The fourth-order valence-corrected chi connectivity index (χ4v) is 2.81. The zero-order chi connectivity index (χ0) is 16.6. The van der Waals surface area contributed by atoms with Crippen LogP contribution in [0.25, 0.3) is 16.5 Å². The predicted octanol–water partition coefficient (Wildman–Crippen LogP) is 3.26. The van der Waals surface area contributed by atoms with Gasteiger partial charge in [-0.15, -0.1) is 0 Å². The first-order chi connectivity index (χ1) is 11.1. The summed E-state index contributed by atoms with van der Waals surface area (Å²) in [6.07, 6.45) is 1.58. The van der Waals surface area contributed by atoms with Gasteiger partial charge in [-0.2, -0.15) is 5.26 Å². The van der Waals surface area contributed by atoms with Gasteiger partial charge in [0.15, 0.2) is 0 Å². The van der Waals surface area contributed by atoms with Crippen LogP contribution < -0.4 is 11.5 Å². The highest BCUT2D eigenvalue weighted by Gasteiger charge is 2.30. The Morgan fingerprint density at radius 1 is 1.35 bits per heavy atom. The average Bonchev–Trinajstić information content (AvgIpc) is 3.33. The predicted molar refractivity (Wildman–Crippen MR) is 85.4 cm³/mol. The standard InChI is InChI=1S/C17H16F2N4/c18-17(19)14(22)7-10(8-20)16-13(9-21)12-3-1-2-4-15(12)23(16)11-5-6-11/h1-4,7-8,11,17H,5-6,20,22H2/b10-8+,14-7-. The van der Waals surface area contributed by atoms with Gasteiger partial charge in [0.1, 0.15) is 6.07 Å². The van der Waals surface area contributed by atoms with Crippen molar-refractivity contribution in [3.8, 4) is 6.07 Å². The number of halogens is 2. The highest BCUT2D eigenvalue weighted by atomic mass is 19.3. The number of nitriles is 1. The summed E-state index contributed by atoms with van der Waals surface area (Å²) in [7, 11) is 0. The number of rotatable bonds is 4. The highest BCUT2D eigenvalue weighted by molar-refractivity contribution is 5.94. The number of fused-ring (bicyclic) bond motifs is 1. The molecule has 0 amide bonds. The number of hydrogen-bond donors (Lipinski definition) is 2. The Balaban J connectivity index is 2.30. The Kier molecular flexibility index (Phi) is 3.78. The Bertz CT molecular complexity index is 851. The third-order valence-corrected chi connectivity index (χ3v) is 3.96. The molecule has 1 aliphatic rings. The van der Waals surface area contributed by atoms with E-state index in [1.165, 1.54) is 6.20 Å². The summed E-state index contributed by atoms with van der Waals surface area (Å²) in [4.78, 5) is 0. The van der Waals surface area contributed by atoms with Gasteiger partial charge in [0.05, 0.1) is 22.5 Å².